The SMILES string of the molecule is Cc1cc(C)c2c(c1)OC1(CC2)CCN(CC(=O)O)C1. The van der Waals surface area contributed by atoms with E-state index in [-0.39, 0.29) is 12.1 Å². The fourth-order valence-corrected chi connectivity index (χ4v) is 3.55. The molecule has 0 bridgehead atoms. The number of aryl methyl sites for hydroxylation is 2. The monoisotopic (exact) mass is 275 g/mol. The van der Waals surface area contributed by atoms with Crippen molar-refractivity contribution in [3.05, 3.63) is 28.8 Å². The molecular formula is C16H21NO3. The van der Waals surface area contributed by atoms with Crippen molar-refractivity contribution in [3.8, 4) is 5.75 Å². The maximum Gasteiger partial charge on any atom is 0.317 e. The fraction of sp³-hybridized carbons (Fsp3) is 0.562. The smallest absolute Gasteiger partial charge is 0.317 e. The Balaban J connectivity index is 1.80. The van der Waals surface area contributed by atoms with Crippen molar-refractivity contribution in [2.24, 2.45) is 0 Å². The second-order valence-corrected chi connectivity index (χ2v) is 6.20. The molecule has 4 heteroatoms. The third-order valence-corrected chi connectivity index (χ3v) is 4.49. The normalized spacial score (nSPS) is 25.5. The highest BCUT2D eigenvalue weighted by atomic mass is 16.5. The summed E-state index contributed by atoms with van der Waals surface area (Å²) >= 11 is 0. The number of carboxylic acids is 1. The quantitative estimate of drug-likeness (QED) is 0.898. The average molecular weight is 275 g/mol. The Morgan fingerprint density at radius 2 is 2.20 bits per heavy atom. The number of nitrogens with zero attached hydrogens (tertiary/aromatic N) is 1. The third kappa shape index (κ3) is 2.40. The summed E-state index contributed by atoms with van der Waals surface area (Å²) in [4.78, 5) is 12.8. The Hall–Kier alpha value is -1.55. The van der Waals surface area contributed by atoms with Gasteiger partial charge < -0.3 is 9.84 Å². The summed E-state index contributed by atoms with van der Waals surface area (Å²) in [5, 5.41) is 8.91. The largest absolute Gasteiger partial charge is 0.486 e. The highest BCUT2D eigenvalue weighted by molar-refractivity contribution is 5.69. The summed E-state index contributed by atoms with van der Waals surface area (Å²) in [6.07, 6.45) is 2.94. The summed E-state index contributed by atoms with van der Waals surface area (Å²) in [7, 11) is 0. The number of rotatable bonds is 2. The predicted molar refractivity (Wildman–Crippen MR) is 76.3 cm³/mol. The lowest BCUT2D eigenvalue weighted by molar-refractivity contribution is -0.138. The number of fused-ring (bicyclic) bond motifs is 1. The van der Waals surface area contributed by atoms with Gasteiger partial charge in [-0.05, 0) is 49.4 Å². The van der Waals surface area contributed by atoms with Crippen LogP contribution in [0.3, 0.4) is 0 Å². The lowest BCUT2D eigenvalue weighted by Crippen LogP contribution is -2.43. The van der Waals surface area contributed by atoms with E-state index < -0.39 is 5.97 Å². The summed E-state index contributed by atoms with van der Waals surface area (Å²) < 4.78 is 6.32. The van der Waals surface area contributed by atoms with Gasteiger partial charge in [0.15, 0.2) is 0 Å². The van der Waals surface area contributed by atoms with E-state index in [9.17, 15) is 4.79 Å². The molecule has 1 fully saturated rings. The van der Waals surface area contributed by atoms with Gasteiger partial charge in [-0.3, -0.25) is 9.69 Å². The van der Waals surface area contributed by atoms with Gasteiger partial charge in [0, 0.05) is 19.5 Å². The first-order valence-corrected chi connectivity index (χ1v) is 7.21. The molecule has 3 rings (SSSR count). The van der Waals surface area contributed by atoms with Crippen LogP contribution in [0, 0.1) is 13.8 Å². The van der Waals surface area contributed by atoms with E-state index in [1.165, 1.54) is 16.7 Å². The second-order valence-electron chi connectivity index (χ2n) is 6.20. The van der Waals surface area contributed by atoms with Crippen molar-refractivity contribution in [3.63, 3.8) is 0 Å². The van der Waals surface area contributed by atoms with E-state index in [0.29, 0.717) is 0 Å². The lowest BCUT2D eigenvalue weighted by atomic mass is 9.88. The van der Waals surface area contributed by atoms with Crippen LogP contribution in [-0.2, 0) is 11.2 Å². The number of hydrogen-bond acceptors (Lipinski definition) is 3. The zero-order chi connectivity index (χ0) is 14.3. The summed E-state index contributed by atoms with van der Waals surface area (Å²) in [6, 6.07) is 4.31. The molecule has 0 amide bonds. The van der Waals surface area contributed by atoms with Gasteiger partial charge in [-0.25, -0.2) is 0 Å². The number of hydrogen-bond donors (Lipinski definition) is 1. The molecular weight excluding hydrogens is 254 g/mol. The molecule has 1 aromatic rings. The van der Waals surface area contributed by atoms with Gasteiger partial charge in [-0.2, -0.15) is 0 Å². The minimum absolute atomic E-state index is 0.116. The minimum atomic E-state index is -0.759. The maximum absolute atomic E-state index is 10.8. The average Bonchev–Trinajstić information content (AvgIpc) is 2.70. The first kappa shape index (κ1) is 13.4. The van der Waals surface area contributed by atoms with E-state index in [1.807, 2.05) is 4.90 Å². The van der Waals surface area contributed by atoms with Crippen molar-refractivity contribution in [2.75, 3.05) is 19.6 Å². The molecule has 0 radical (unpaired) electrons. The summed E-state index contributed by atoms with van der Waals surface area (Å²) in [6.45, 7) is 5.88. The molecule has 0 aliphatic carbocycles. The van der Waals surface area contributed by atoms with E-state index in [4.69, 9.17) is 9.84 Å². The molecule has 1 N–H and O–H groups in total. The number of carbonyl (C=O) groups is 1. The number of aliphatic carboxylic acids is 1. The van der Waals surface area contributed by atoms with E-state index in [1.54, 1.807) is 0 Å². The van der Waals surface area contributed by atoms with Crippen molar-refractivity contribution in [1.29, 1.82) is 0 Å². The first-order chi connectivity index (χ1) is 9.47. The molecule has 1 atom stereocenters. The molecule has 108 valence electrons. The number of ether oxygens (including phenoxy) is 1. The number of likely N-dealkylation sites (tertiary alicyclic amines) is 1. The zero-order valence-corrected chi connectivity index (χ0v) is 12.1. The number of benzene rings is 1. The zero-order valence-electron chi connectivity index (χ0n) is 12.1. The third-order valence-electron chi connectivity index (χ3n) is 4.49. The van der Waals surface area contributed by atoms with Crippen LogP contribution in [0.4, 0.5) is 0 Å². The summed E-state index contributed by atoms with van der Waals surface area (Å²) in [5.74, 6) is 0.246. The van der Waals surface area contributed by atoms with Crippen LogP contribution in [0.2, 0.25) is 0 Å². The summed E-state index contributed by atoms with van der Waals surface area (Å²) in [5.41, 5.74) is 3.66. The van der Waals surface area contributed by atoms with Gasteiger partial charge in [-0.1, -0.05) is 6.07 Å². The van der Waals surface area contributed by atoms with Crippen LogP contribution in [0.25, 0.3) is 0 Å². The molecule has 2 aliphatic rings. The molecule has 2 heterocycles. The Labute approximate surface area is 119 Å². The van der Waals surface area contributed by atoms with E-state index in [0.717, 1.165) is 38.1 Å². The van der Waals surface area contributed by atoms with Crippen LogP contribution in [0.15, 0.2) is 12.1 Å². The van der Waals surface area contributed by atoms with Crippen LogP contribution in [0.1, 0.15) is 29.5 Å². The molecule has 20 heavy (non-hydrogen) atoms. The van der Waals surface area contributed by atoms with E-state index in [2.05, 4.69) is 26.0 Å². The van der Waals surface area contributed by atoms with Gasteiger partial charge in [-0.15, -0.1) is 0 Å². The van der Waals surface area contributed by atoms with Gasteiger partial charge in [0.1, 0.15) is 11.4 Å². The first-order valence-electron chi connectivity index (χ1n) is 7.21. The predicted octanol–water partition coefficient (Wildman–Crippen LogP) is 2.16. The minimum Gasteiger partial charge on any atom is -0.486 e. The Morgan fingerprint density at radius 3 is 2.95 bits per heavy atom. The second kappa shape index (κ2) is 4.77. The topological polar surface area (TPSA) is 49.8 Å². The molecule has 0 aromatic heterocycles. The van der Waals surface area contributed by atoms with Crippen molar-refractivity contribution < 1.29 is 14.6 Å². The van der Waals surface area contributed by atoms with Crippen molar-refractivity contribution >= 4 is 5.97 Å². The van der Waals surface area contributed by atoms with Crippen LogP contribution >= 0.6 is 0 Å². The molecule has 1 saturated heterocycles. The highest BCUT2D eigenvalue weighted by Gasteiger charge is 2.43. The number of carboxylic acid groups (broad SMARTS) is 1. The molecule has 2 aliphatic heterocycles. The standard InChI is InChI=1S/C16H21NO3/c1-11-7-12(2)13-3-4-16(20-14(13)8-11)5-6-17(10-16)9-15(18)19/h7-8H,3-6,9-10H2,1-2H3,(H,18,19). The van der Waals surface area contributed by atoms with Gasteiger partial charge in [0.05, 0.1) is 6.54 Å². The Morgan fingerprint density at radius 1 is 1.40 bits per heavy atom. The molecule has 4 nitrogen and oxygen atoms in total. The van der Waals surface area contributed by atoms with Gasteiger partial charge in [0.2, 0.25) is 0 Å². The molecule has 1 aromatic carbocycles. The van der Waals surface area contributed by atoms with Crippen LogP contribution in [-0.4, -0.2) is 41.2 Å². The maximum atomic E-state index is 10.8. The molecule has 1 unspecified atom stereocenters. The van der Waals surface area contributed by atoms with Crippen molar-refractivity contribution in [1.82, 2.24) is 4.90 Å². The highest BCUT2D eigenvalue weighted by Crippen LogP contribution is 2.40. The Bertz CT molecular complexity index is 555. The fourth-order valence-electron chi connectivity index (χ4n) is 3.55. The van der Waals surface area contributed by atoms with Crippen LogP contribution in [0.5, 0.6) is 5.75 Å². The Kier molecular flexibility index (Phi) is 3.21. The van der Waals surface area contributed by atoms with E-state index >= 15 is 0 Å². The van der Waals surface area contributed by atoms with Gasteiger partial charge >= 0.3 is 5.97 Å². The lowest BCUT2D eigenvalue weighted by Gasteiger charge is -2.36. The van der Waals surface area contributed by atoms with Crippen molar-refractivity contribution in [2.45, 2.75) is 38.7 Å². The molecule has 0 saturated carbocycles. The molecule has 1 spiro atoms. The van der Waals surface area contributed by atoms with Gasteiger partial charge in [0.25, 0.3) is 0 Å². The van der Waals surface area contributed by atoms with Crippen LogP contribution < -0.4 is 4.74 Å².